The van der Waals surface area contributed by atoms with Crippen LogP contribution in [-0.4, -0.2) is 22.3 Å². The molecule has 2 unspecified atom stereocenters. The van der Waals surface area contributed by atoms with Crippen LogP contribution in [0.25, 0.3) is 0 Å². The third-order valence-corrected chi connectivity index (χ3v) is 0.956. The molecule has 0 bridgehead atoms. The first-order valence-electron chi connectivity index (χ1n) is 3.51. The van der Waals surface area contributed by atoms with Gasteiger partial charge in [0.2, 0.25) is 0 Å². The summed E-state index contributed by atoms with van der Waals surface area (Å²) in [5, 5.41) is 0. The van der Waals surface area contributed by atoms with Crippen molar-refractivity contribution in [3.05, 3.63) is 0 Å². The Morgan fingerprint density at radius 1 is 1.57 bits per heavy atom. The van der Waals surface area contributed by atoms with E-state index in [9.17, 15) is 0 Å². The van der Waals surface area contributed by atoms with E-state index in [1.165, 1.54) is 0 Å². The molecule has 0 aromatic heterocycles. The maximum absolute atomic E-state index is 7.49. The normalized spacial score (nSPS) is 25.1. The summed E-state index contributed by atoms with van der Waals surface area (Å²) in [4.78, 5) is 0. The molecule has 0 fully saturated rings. The molecular weight excluding hydrogens is 200 g/mol. The van der Waals surface area contributed by atoms with Crippen molar-refractivity contribution in [2.45, 2.75) is 31.6 Å². The van der Waals surface area contributed by atoms with Crippen molar-refractivity contribution in [2.75, 3.05) is 0 Å². The molecular formula is C6H13Te. The minimum absolute atomic E-state index is 0.0380. The maximum atomic E-state index is 7.49. The predicted octanol–water partition coefficient (Wildman–Crippen LogP) is 2.01. The van der Waals surface area contributed by atoms with E-state index >= 15 is 0 Å². The van der Waals surface area contributed by atoms with Crippen LogP contribution in [0.1, 0.15) is 29.9 Å². The predicted molar refractivity (Wildman–Crippen MR) is 34.6 cm³/mol. The van der Waals surface area contributed by atoms with Gasteiger partial charge in [-0.05, 0) is 0 Å². The third kappa shape index (κ3) is 6.79. The Bertz CT molecular complexity index is 85.5. The fourth-order valence-corrected chi connectivity index (χ4v) is 1.37. The standard InChI is InChI=1S/C6H13Te/c1-6(2,3)4-5-7/h4-5H2,1-3H3/i4D,5D. The Hall–Kier alpha value is 0.790. The number of hydrogen-bond donors (Lipinski definition) is 0. The summed E-state index contributed by atoms with van der Waals surface area (Å²) in [7, 11) is 0. The fraction of sp³-hybridized carbons (Fsp3) is 1.00. The van der Waals surface area contributed by atoms with Gasteiger partial charge in [0.25, 0.3) is 0 Å². The van der Waals surface area contributed by atoms with E-state index in [0.717, 1.165) is 0 Å². The van der Waals surface area contributed by atoms with Crippen LogP contribution in [0.15, 0.2) is 0 Å². The second-order valence-electron chi connectivity index (χ2n) is 2.67. The molecule has 0 aromatic rings. The molecule has 0 aliphatic rings. The quantitative estimate of drug-likeness (QED) is 0.586. The van der Waals surface area contributed by atoms with E-state index < -0.39 is 0 Å². The molecule has 0 nitrogen and oxygen atoms in total. The molecule has 0 aliphatic carbocycles. The average Bonchev–Trinajstić information content (AvgIpc) is 1.62. The SMILES string of the molecule is [2H]C([Te])C([2H])C(C)(C)C. The molecule has 1 radical (unpaired) electrons. The van der Waals surface area contributed by atoms with Crippen LogP contribution in [-0.2, 0) is 0 Å². The number of hydrogen-bond acceptors (Lipinski definition) is 0. The van der Waals surface area contributed by atoms with Crippen LogP contribution in [0, 0.1) is 5.41 Å². The molecule has 0 amide bonds. The van der Waals surface area contributed by atoms with E-state index in [1.807, 2.05) is 20.8 Å². The van der Waals surface area contributed by atoms with Crippen molar-refractivity contribution in [2.24, 2.45) is 5.41 Å². The molecule has 0 aliphatic heterocycles. The van der Waals surface area contributed by atoms with Gasteiger partial charge in [-0.1, -0.05) is 0 Å². The molecule has 0 saturated heterocycles. The van der Waals surface area contributed by atoms with Crippen LogP contribution in [0.2, 0.25) is 4.44 Å². The first-order chi connectivity index (χ1) is 3.85. The Balaban J connectivity index is 3.88. The van der Waals surface area contributed by atoms with E-state index in [2.05, 4.69) is 0 Å². The van der Waals surface area contributed by atoms with Crippen molar-refractivity contribution in [3.63, 3.8) is 0 Å². The van der Waals surface area contributed by atoms with E-state index in [1.54, 1.807) is 22.3 Å². The summed E-state index contributed by atoms with van der Waals surface area (Å²) < 4.78 is 14.5. The Kier molecular flexibility index (Phi) is 1.96. The summed E-state index contributed by atoms with van der Waals surface area (Å²) >= 11 is 1.70. The fourth-order valence-electron chi connectivity index (χ4n) is 0.204. The van der Waals surface area contributed by atoms with Crippen molar-refractivity contribution >= 4 is 22.3 Å². The first-order valence-corrected chi connectivity index (χ1v) is 3.70. The molecule has 0 aromatic carbocycles. The van der Waals surface area contributed by atoms with Gasteiger partial charge in [-0.3, -0.25) is 0 Å². The van der Waals surface area contributed by atoms with Crippen LogP contribution in [0.3, 0.4) is 0 Å². The summed E-state index contributed by atoms with van der Waals surface area (Å²) in [6, 6.07) is 0. The molecule has 0 spiro atoms. The van der Waals surface area contributed by atoms with Gasteiger partial charge in [-0.15, -0.1) is 0 Å². The average molecular weight is 215 g/mol. The van der Waals surface area contributed by atoms with E-state index in [0.29, 0.717) is 0 Å². The summed E-state index contributed by atoms with van der Waals surface area (Å²) in [6.45, 7) is 5.99. The van der Waals surface area contributed by atoms with Gasteiger partial charge in [0.1, 0.15) is 0 Å². The van der Waals surface area contributed by atoms with Gasteiger partial charge in [-0.25, -0.2) is 0 Å². The van der Waals surface area contributed by atoms with Crippen molar-refractivity contribution < 1.29 is 2.74 Å². The van der Waals surface area contributed by atoms with Crippen LogP contribution in [0.5, 0.6) is 0 Å². The zero-order valence-electron chi connectivity index (χ0n) is 7.06. The minimum atomic E-state index is -0.263. The van der Waals surface area contributed by atoms with Crippen molar-refractivity contribution in [1.82, 2.24) is 0 Å². The van der Waals surface area contributed by atoms with Gasteiger partial charge in [0.05, 0.1) is 0 Å². The Morgan fingerprint density at radius 2 is 2.00 bits per heavy atom. The number of rotatable bonds is 1. The van der Waals surface area contributed by atoms with E-state index in [-0.39, 0.29) is 16.3 Å². The summed E-state index contributed by atoms with van der Waals surface area (Å²) in [5.41, 5.74) is -0.0380. The van der Waals surface area contributed by atoms with Gasteiger partial charge in [0.15, 0.2) is 0 Å². The van der Waals surface area contributed by atoms with Crippen LogP contribution >= 0.6 is 0 Å². The van der Waals surface area contributed by atoms with Crippen LogP contribution < -0.4 is 0 Å². The Morgan fingerprint density at radius 3 is 2.00 bits per heavy atom. The third-order valence-electron chi connectivity index (χ3n) is 0.568. The van der Waals surface area contributed by atoms with Crippen LogP contribution in [0.4, 0.5) is 0 Å². The second-order valence-corrected chi connectivity index (χ2v) is 3.45. The molecule has 0 rings (SSSR count). The van der Waals surface area contributed by atoms with Gasteiger partial charge in [-0.2, -0.15) is 0 Å². The topological polar surface area (TPSA) is 0 Å². The Labute approximate surface area is 62.4 Å². The van der Waals surface area contributed by atoms with Crippen molar-refractivity contribution in [3.8, 4) is 0 Å². The zero-order valence-corrected chi connectivity index (χ0v) is 7.39. The van der Waals surface area contributed by atoms with Gasteiger partial charge >= 0.3 is 62.1 Å². The molecule has 2 atom stereocenters. The van der Waals surface area contributed by atoms with Gasteiger partial charge < -0.3 is 0 Å². The second kappa shape index (κ2) is 2.95. The first kappa shape index (κ1) is 4.65. The molecule has 43 valence electrons. The molecule has 1 heteroatoms. The molecule has 0 heterocycles. The van der Waals surface area contributed by atoms with Crippen molar-refractivity contribution in [1.29, 1.82) is 0 Å². The van der Waals surface area contributed by atoms with E-state index in [4.69, 9.17) is 2.74 Å². The summed E-state index contributed by atoms with van der Waals surface area (Å²) in [5.74, 6) is 0. The van der Waals surface area contributed by atoms with Gasteiger partial charge in [0, 0.05) is 0 Å². The zero-order chi connectivity index (χ0) is 7.65. The molecule has 0 saturated carbocycles. The molecule has 0 N–H and O–H groups in total. The monoisotopic (exact) mass is 217 g/mol. The summed E-state index contributed by atoms with van der Waals surface area (Å²) in [6.07, 6.45) is -0.262. The molecule has 7 heavy (non-hydrogen) atoms.